The van der Waals surface area contributed by atoms with E-state index in [0.717, 1.165) is 74.1 Å². The van der Waals surface area contributed by atoms with E-state index in [2.05, 4.69) is 6.92 Å². The van der Waals surface area contributed by atoms with Crippen LogP contribution in [0.1, 0.15) is 25.3 Å². The first-order valence-corrected chi connectivity index (χ1v) is 18.6. The molecule has 5 rings (SSSR count). The van der Waals surface area contributed by atoms with Crippen molar-refractivity contribution in [1.82, 2.24) is 0 Å². The van der Waals surface area contributed by atoms with Crippen molar-refractivity contribution < 1.29 is 26.2 Å². The van der Waals surface area contributed by atoms with Gasteiger partial charge in [-0.15, -0.1) is 0 Å². The molecule has 0 amide bonds. The maximum Gasteiger partial charge on any atom is 0.203 e. The van der Waals surface area contributed by atoms with Crippen molar-refractivity contribution in [1.29, 1.82) is 0 Å². The van der Waals surface area contributed by atoms with Crippen LogP contribution in [-0.4, -0.2) is 13.7 Å². The summed E-state index contributed by atoms with van der Waals surface area (Å²) in [5, 5.41) is 0.698. The molecular formula is C36H32Cl2O6S4. The number of unbranched alkanes of at least 4 members (excludes halogenated alkanes) is 1. The third kappa shape index (κ3) is 9.74. The lowest BCUT2D eigenvalue weighted by Gasteiger charge is -2.19. The Morgan fingerprint density at radius 1 is 0.562 bits per heavy atom. The highest BCUT2D eigenvalue weighted by molar-refractivity contribution is 7.96. The molecule has 0 unspecified atom stereocenters. The summed E-state index contributed by atoms with van der Waals surface area (Å²) in [5.74, 6) is 2.47. The summed E-state index contributed by atoms with van der Waals surface area (Å²) in [4.78, 5) is 3.17. The number of benzene rings is 5. The number of para-hydroxylation sites is 2. The van der Waals surface area contributed by atoms with E-state index in [1.54, 1.807) is 19.2 Å². The molecule has 0 aliphatic carbocycles. The molecule has 0 aromatic heterocycles. The van der Waals surface area contributed by atoms with Crippen LogP contribution < -0.4 is 26.2 Å². The number of halogens is 2. The van der Waals surface area contributed by atoms with Crippen molar-refractivity contribution >= 4 is 71.4 Å². The predicted molar refractivity (Wildman–Crippen MR) is 200 cm³/mol. The second kappa shape index (κ2) is 18.6. The highest BCUT2D eigenvalue weighted by Gasteiger charge is 2.26. The van der Waals surface area contributed by atoms with Gasteiger partial charge in [0.25, 0.3) is 0 Å². The maximum atomic E-state index is 7.14. The number of hydrogen-bond acceptors (Lipinski definition) is 10. The fourth-order valence-electron chi connectivity index (χ4n) is 4.02. The van der Waals surface area contributed by atoms with Gasteiger partial charge in [-0.1, -0.05) is 91.1 Å². The van der Waals surface area contributed by atoms with Crippen LogP contribution >= 0.6 is 71.4 Å². The number of aryl methyl sites for hydroxylation is 1. The van der Waals surface area contributed by atoms with Crippen LogP contribution in [0.3, 0.4) is 0 Å². The zero-order valence-electron chi connectivity index (χ0n) is 26.3. The van der Waals surface area contributed by atoms with Crippen molar-refractivity contribution in [3.8, 4) is 34.5 Å². The van der Waals surface area contributed by atoms with Crippen LogP contribution in [0.25, 0.3) is 0 Å². The molecule has 0 aliphatic rings. The predicted octanol–water partition coefficient (Wildman–Crippen LogP) is 12.8. The van der Waals surface area contributed by atoms with Gasteiger partial charge < -0.3 is 26.2 Å². The van der Waals surface area contributed by atoms with E-state index in [1.165, 1.54) is 12.0 Å². The minimum Gasteiger partial charge on any atom is -0.495 e. The largest absolute Gasteiger partial charge is 0.495 e. The summed E-state index contributed by atoms with van der Waals surface area (Å²) in [6, 6.07) is 32.2. The van der Waals surface area contributed by atoms with Gasteiger partial charge >= 0.3 is 0 Å². The molecule has 5 aromatic rings. The molecule has 250 valence electrons. The Morgan fingerprint density at radius 3 is 1.69 bits per heavy atom. The van der Waals surface area contributed by atoms with Gasteiger partial charge in [0.05, 0.1) is 86.5 Å². The SMILES string of the molecule is CCCCOc1ccccc1SOc1cc(OSc2ccccc2Cl)c(OSc2ccccc2C)c(Cl)c1OSc1ccccc1OC. The number of ether oxygens (including phenoxy) is 2. The maximum absolute atomic E-state index is 7.14. The third-order valence-electron chi connectivity index (χ3n) is 6.58. The van der Waals surface area contributed by atoms with Crippen molar-refractivity contribution in [2.24, 2.45) is 0 Å². The van der Waals surface area contributed by atoms with Gasteiger partial charge in [-0.2, -0.15) is 0 Å². The lowest BCUT2D eigenvalue weighted by atomic mass is 10.2. The smallest absolute Gasteiger partial charge is 0.203 e. The summed E-state index contributed by atoms with van der Waals surface area (Å²) >= 11 is 18.0. The minimum atomic E-state index is 0.152. The van der Waals surface area contributed by atoms with E-state index in [4.69, 9.17) is 49.4 Å². The Kier molecular flexibility index (Phi) is 14.0. The summed E-state index contributed by atoms with van der Waals surface area (Å²) < 4.78 is 36.8. The molecular weight excluding hydrogens is 728 g/mol. The first kappa shape index (κ1) is 36.2. The Morgan fingerprint density at radius 2 is 1.06 bits per heavy atom. The highest BCUT2D eigenvalue weighted by Crippen LogP contribution is 2.53. The summed E-state index contributed by atoms with van der Waals surface area (Å²) in [6.07, 6.45) is 1.97. The van der Waals surface area contributed by atoms with Gasteiger partial charge in [0, 0.05) is 6.07 Å². The normalized spacial score (nSPS) is 10.8. The van der Waals surface area contributed by atoms with Gasteiger partial charge in [0.15, 0.2) is 11.5 Å². The Balaban J connectivity index is 1.53. The molecule has 0 saturated carbocycles. The molecule has 0 saturated heterocycles. The van der Waals surface area contributed by atoms with Crippen LogP contribution in [0.15, 0.2) is 123 Å². The van der Waals surface area contributed by atoms with Gasteiger partial charge in [0.2, 0.25) is 11.5 Å². The van der Waals surface area contributed by atoms with Crippen LogP contribution in [0.2, 0.25) is 10.0 Å². The zero-order valence-corrected chi connectivity index (χ0v) is 31.1. The number of rotatable bonds is 17. The Hall–Kier alpha value is -3.12. The summed E-state index contributed by atoms with van der Waals surface area (Å²) in [5.41, 5.74) is 1.05. The van der Waals surface area contributed by atoms with E-state index in [1.807, 2.05) is 97.9 Å². The van der Waals surface area contributed by atoms with Crippen molar-refractivity contribution in [3.63, 3.8) is 0 Å². The molecule has 0 N–H and O–H groups in total. The van der Waals surface area contributed by atoms with Gasteiger partial charge in [-0.3, -0.25) is 0 Å². The van der Waals surface area contributed by atoms with Gasteiger partial charge in [0.1, 0.15) is 16.5 Å². The molecule has 5 aromatic carbocycles. The molecule has 48 heavy (non-hydrogen) atoms. The highest BCUT2D eigenvalue weighted by atomic mass is 35.5. The third-order valence-corrected chi connectivity index (χ3v) is 10.6. The molecule has 12 heteroatoms. The summed E-state index contributed by atoms with van der Waals surface area (Å²) in [6.45, 7) is 4.73. The topological polar surface area (TPSA) is 55.4 Å². The second-order valence-corrected chi connectivity index (χ2v) is 13.9. The first-order valence-electron chi connectivity index (χ1n) is 14.9. The molecule has 0 atom stereocenters. The minimum absolute atomic E-state index is 0.152. The van der Waals surface area contributed by atoms with Crippen LogP contribution in [0.5, 0.6) is 34.5 Å². The Labute approximate surface area is 308 Å². The van der Waals surface area contributed by atoms with Crippen LogP contribution in [0.4, 0.5) is 0 Å². The molecule has 0 radical (unpaired) electrons. The fourth-order valence-corrected chi connectivity index (χ4v) is 7.21. The molecule has 0 heterocycles. The fraction of sp³-hybridized carbons (Fsp3) is 0.167. The molecule has 0 bridgehead atoms. The molecule has 0 aliphatic heterocycles. The lowest BCUT2D eigenvalue weighted by molar-refractivity contribution is 0.302. The van der Waals surface area contributed by atoms with E-state index in [9.17, 15) is 0 Å². The van der Waals surface area contributed by atoms with Crippen molar-refractivity contribution in [2.75, 3.05) is 13.7 Å². The van der Waals surface area contributed by atoms with Gasteiger partial charge in [-0.25, -0.2) is 0 Å². The lowest BCUT2D eigenvalue weighted by Crippen LogP contribution is -1.99. The van der Waals surface area contributed by atoms with Gasteiger partial charge in [-0.05, 0) is 61.4 Å². The number of methoxy groups -OCH3 is 1. The summed E-state index contributed by atoms with van der Waals surface area (Å²) in [7, 11) is 1.61. The average molecular weight is 760 g/mol. The second-order valence-electron chi connectivity index (χ2n) is 10.0. The molecule has 0 fully saturated rings. The Bertz CT molecular complexity index is 1810. The zero-order chi connectivity index (χ0) is 33.7. The first-order chi connectivity index (χ1) is 23.5. The quantitative estimate of drug-likeness (QED) is 0.0676. The molecule has 6 nitrogen and oxygen atoms in total. The van der Waals surface area contributed by atoms with Crippen LogP contribution in [-0.2, 0) is 0 Å². The van der Waals surface area contributed by atoms with E-state index in [-0.39, 0.29) is 16.5 Å². The van der Waals surface area contributed by atoms with E-state index < -0.39 is 0 Å². The van der Waals surface area contributed by atoms with Crippen molar-refractivity contribution in [3.05, 3.63) is 119 Å². The van der Waals surface area contributed by atoms with E-state index >= 15 is 0 Å². The standard InChI is InChI=1S/C36H32Cl2O6S4/c1-4-5-22-40-27-17-9-13-21-33(27)47-42-29-23-28(41-46-31-19-11-7-15-25(31)37)35(43-45-30-18-10-6-14-24(30)2)34(38)36(29)44-48-32-20-12-8-16-26(32)39-3/h6-21,23H,4-5,22H2,1-3H3. The monoisotopic (exact) mass is 758 g/mol. The number of hydrogen-bond donors (Lipinski definition) is 0. The molecule has 0 spiro atoms. The van der Waals surface area contributed by atoms with E-state index in [0.29, 0.717) is 34.6 Å². The van der Waals surface area contributed by atoms with Crippen LogP contribution in [0, 0.1) is 6.92 Å². The van der Waals surface area contributed by atoms with Crippen molar-refractivity contribution in [2.45, 2.75) is 46.3 Å². The average Bonchev–Trinajstić information content (AvgIpc) is 3.11.